The number of phenolic OH excluding ortho intramolecular Hbond substituents is 2. The molecule has 6 nitrogen and oxygen atoms in total. The van der Waals surface area contributed by atoms with Gasteiger partial charge in [-0.1, -0.05) is 0 Å². The molecular weight excluding hydrogens is 304 g/mol. The smallest absolute Gasteiger partial charge is 0.147 e. The Hall–Kier alpha value is -3.02. The van der Waals surface area contributed by atoms with Crippen molar-refractivity contribution in [3.05, 3.63) is 58.7 Å². The summed E-state index contributed by atoms with van der Waals surface area (Å²) in [6.07, 6.45) is 1.63. The van der Waals surface area contributed by atoms with Crippen molar-refractivity contribution < 1.29 is 10.2 Å². The van der Waals surface area contributed by atoms with Crippen LogP contribution in [0.25, 0.3) is 0 Å². The summed E-state index contributed by atoms with van der Waals surface area (Å²) in [6.45, 7) is 1.36. The van der Waals surface area contributed by atoms with Gasteiger partial charge < -0.3 is 10.2 Å². The number of fused-ring (bicyclic) bond motifs is 2. The SMILES string of the molecule is Oc1ccc2c(c1)CCN=C2NNC1=NCCc2cc(O)ccc21. The molecule has 4 rings (SSSR count). The zero-order chi connectivity index (χ0) is 16.5. The number of hydrogen-bond donors (Lipinski definition) is 4. The van der Waals surface area contributed by atoms with Gasteiger partial charge in [0.1, 0.15) is 23.2 Å². The van der Waals surface area contributed by atoms with E-state index in [1.54, 1.807) is 24.3 Å². The molecule has 2 aromatic carbocycles. The van der Waals surface area contributed by atoms with Gasteiger partial charge in [0, 0.05) is 24.2 Å². The predicted octanol–water partition coefficient (Wildman–Crippen LogP) is 1.50. The van der Waals surface area contributed by atoms with Gasteiger partial charge in [0.2, 0.25) is 0 Å². The molecular formula is C18H18N4O2. The van der Waals surface area contributed by atoms with Gasteiger partial charge in [0.25, 0.3) is 0 Å². The zero-order valence-electron chi connectivity index (χ0n) is 13.1. The number of aliphatic imine (C=N–C) groups is 2. The monoisotopic (exact) mass is 322 g/mol. The minimum atomic E-state index is 0.272. The third-order valence-corrected chi connectivity index (χ3v) is 4.29. The number of aromatic hydroxyl groups is 2. The molecule has 0 aliphatic carbocycles. The molecule has 6 heteroatoms. The Morgan fingerprint density at radius 3 is 1.62 bits per heavy atom. The molecule has 122 valence electrons. The van der Waals surface area contributed by atoms with E-state index in [1.807, 2.05) is 12.1 Å². The lowest BCUT2D eigenvalue weighted by Crippen LogP contribution is -2.44. The van der Waals surface area contributed by atoms with Crippen molar-refractivity contribution in [1.29, 1.82) is 0 Å². The minimum Gasteiger partial charge on any atom is -0.508 e. The Labute approximate surface area is 139 Å². The normalized spacial score (nSPS) is 15.7. The Balaban J connectivity index is 1.55. The summed E-state index contributed by atoms with van der Waals surface area (Å²) in [5.41, 5.74) is 10.4. The number of nitrogens with one attached hydrogen (secondary N) is 2. The second-order valence-electron chi connectivity index (χ2n) is 5.89. The molecule has 0 saturated heterocycles. The first-order valence-corrected chi connectivity index (χ1v) is 7.96. The zero-order valence-corrected chi connectivity index (χ0v) is 13.1. The topological polar surface area (TPSA) is 89.2 Å². The van der Waals surface area contributed by atoms with Crippen molar-refractivity contribution in [3.8, 4) is 11.5 Å². The van der Waals surface area contributed by atoms with Crippen molar-refractivity contribution in [2.45, 2.75) is 12.8 Å². The highest BCUT2D eigenvalue weighted by Crippen LogP contribution is 2.22. The summed E-state index contributed by atoms with van der Waals surface area (Å²) < 4.78 is 0. The lowest BCUT2D eigenvalue weighted by molar-refractivity contribution is 0.473. The Morgan fingerprint density at radius 1 is 0.708 bits per heavy atom. The molecule has 24 heavy (non-hydrogen) atoms. The van der Waals surface area contributed by atoms with Crippen LogP contribution in [0.5, 0.6) is 11.5 Å². The molecule has 4 N–H and O–H groups in total. The Morgan fingerprint density at radius 2 is 1.17 bits per heavy atom. The molecule has 0 fully saturated rings. The molecule has 0 atom stereocenters. The van der Waals surface area contributed by atoms with Crippen LogP contribution < -0.4 is 10.9 Å². The van der Waals surface area contributed by atoms with Gasteiger partial charge in [-0.25, -0.2) is 0 Å². The summed E-state index contributed by atoms with van der Waals surface area (Å²) >= 11 is 0. The molecule has 0 bridgehead atoms. The van der Waals surface area contributed by atoms with E-state index in [4.69, 9.17) is 0 Å². The van der Waals surface area contributed by atoms with E-state index in [9.17, 15) is 10.2 Å². The van der Waals surface area contributed by atoms with Gasteiger partial charge in [0.05, 0.1) is 0 Å². The average molecular weight is 322 g/mol. The molecule has 0 radical (unpaired) electrons. The van der Waals surface area contributed by atoms with Crippen LogP contribution in [0.15, 0.2) is 46.4 Å². The number of amidine groups is 2. The fourth-order valence-corrected chi connectivity index (χ4v) is 3.11. The van der Waals surface area contributed by atoms with E-state index in [1.165, 1.54) is 0 Å². The third kappa shape index (κ3) is 2.67. The molecule has 0 unspecified atom stereocenters. The van der Waals surface area contributed by atoms with Gasteiger partial charge in [-0.15, -0.1) is 0 Å². The number of hydrazine groups is 1. The van der Waals surface area contributed by atoms with Crippen LogP contribution in [0.4, 0.5) is 0 Å². The van der Waals surface area contributed by atoms with E-state index in [-0.39, 0.29) is 11.5 Å². The second-order valence-corrected chi connectivity index (χ2v) is 5.89. The van der Waals surface area contributed by atoms with Crippen LogP contribution >= 0.6 is 0 Å². The maximum absolute atomic E-state index is 9.62. The van der Waals surface area contributed by atoms with E-state index >= 15 is 0 Å². The van der Waals surface area contributed by atoms with Gasteiger partial charge in [-0.2, -0.15) is 0 Å². The third-order valence-electron chi connectivity index (χ3n) is 4.29. The van der Waals surface area contributed by atoms with Crippen LogP contribution in [-0.2, 0) is 12.8 Å². The molecule has 0 saturated carbocycles. The van der Waals surface area contributed by atoms with Gasteiger partial charge >= 0.3 is 0 Å². The highest BCUT2D eigenvalue weighted by molar-refractivity contribution is 6.05. The number of nitrogens with zero attached hydrogens (tertiary/aromatic N) is 2. The number of hydrogen-bond acceptors (Lipinski definition) is 6. The summed E-state index contributed by atoms with van der Waals surface area (Å²) in [7, 11) is 0. The second kappa shape index (κ2) is 5.88. The summed E-state index contributed by atoms with van der Waals surface area (Å²) in [4.78, 5) is 9.04. The maximum Gasteiger partial charge on any atom is 0.147 e. The van der Waals surface area contributed by atoms with Crippen molar-refractivity contribution in [2.75, 3.05) is 13.1 Å². The number of rotatable bonds is 0. The molecule has 0 aromatic heterocycles. The molecule has 0 spiro atoms. The van der Waals surface area contributed by atoms with Gasteiger partial charge in [0.15, 0.2) is 0 Å². The summed E-state index contributed by atoms with van der Waals surface area (Å²) in [5, 5.41) is 19.2. The van der Waals surface area contributed by atoms with Gasteiger partial charge in [-0.3, -0.25) is 20.8 Å². The van der Waals surface area contributed by atoms with Crippen LogP contribution in [-0.4, -0.2) is 35.0 Å². The largest absolute Gasteiger partial charge is 0.508 e. The van der Waals surface area contributed by atoms with Crippen molar-refractivity contribution >= 4 is 11.7 Å². The van der Waals surface area contributed by atoms with Crippen molar-refractivity contribution in [3.63, 3.8) is 0 Å². The van der Waals surface area contributed by atoms with Crippen LogP contribution in [0.3, 0.4) is 0 Å². The molecule has 2 aliphatic rings. The molecule has 2 aliphatic heterocycles. The summed E-state index contributed by atoms with van der Waals surface area (Å²) in [5.74, 6) is 2.02. The van der Waals surface area contributed by atoms with Crippen LogP contribution in [0.1, 0.15) is 22.3 Å². The Kier molecular flexibility index (Phi) is 3.57. The predicted molar refractivity (Wildman–Crippen MR) is 92.7 cm³/mol. The van der Waals surface area contributed by atoms with Gasteiger partial charge in [-0.05, 0) is 60.4 Å². The first-order valence-electron chi connectivity index (χ1n) is 7.96. The minimum absolute atomic E-state index is 0.272. The first-order chi connectivity index (χ1) is 11.7. The fraction of sp³-hybridized carbons (Fsp3) is 0.222. The lowest BCUT2D eigenvalue weighted by atomic mass is 10.0. The van der Waals surface area contributed by atoms with E-state index in [0.29, 0.717) is 13.1 Å². The fourth-order valence-electron chi connectivity index (χ4n) is 3.11. The first kappa shape index (κ1) is 14.6. The van der Waals surface area contributed by atoms with E-state index < -0.39 is 0 Å². The molecule has 2 aromatic rings. The Bertz CT molecular complexity index is 787. The molecule has 0 amide bonds. The quantitative estimate of drug-likeness (QED) is 0.553. The number of phenols is 2. The maximum atomic E-state index is 9.62. The van der Waals surface area contributed by atoms with Crippen LogP contribution in [0.2, 0.25) is 0 Å². The van der Waals surface area contributed by atoms with Crippen molar-refractivity contribution in [1.82, 2.24) is 10.9 Å². The highest BCUT2D eigenvalue weighted by Gasteiger charge is 2.17. The molecule has 2 heterocycles. The summed E-state index contributed by atoms with van der Waals surface area (Å²) in [6, 6.07) is 10.6. The average Bonchev–Trinajstić information content (AvgIpc) is 2.59. The van der Waals surface area contributed by atoms with Crippen molar-refractivity contribution in [2.24, 2.45) is 9.98 Å². The lowest BCUT2D eigenvalue weighted by Gasteiger charge is -2.22. The van der Waals surface area contributed by atoms with Crippen LogP contribution in [0, 0.1) is 0 Å². The highest BCUT2D eigenvalue weighted by atomic mass is 16.3. The van der Waals surface area contributed by atoms with E-state index in [0.717, 1.165) is 46.8 Å². The van der Waals surface area contributed by atoms with E-state index in [2.05, 4.69) is 20.8 Å². The number of benzene rings is 2. The standard InChI is InChI=1S/C18H18N4O2/c23-13-1-3-15-11(9-13)5-7-19-17(15)21-22-18-16-4-2-14(24)10-12(16)6-8-20-18/h1-4,9-10,23-24H,5-8H2,(H,19,21)(H,20,22).